The minimum absolute atomic E-state index is 0.123. The molecule has 1 aliphatic rings. The van der Waals surface area contributed by atoms with Crippen molar-refractivity contribution in [2.24, 2.45) is 7.05 Å². The van der Waals surface area contributed by atoms with Gasteiger partial charge in [-0.3, -0.25) is 9.59 Å². The second kappa shape index (κ2) is 8.74. The number of carbonyl (C=O) groups is 2. The lowest BCUT2D eigenvalue weighted by atomic mass is 10.1. The highest BCUT2D eigenvalue weighted by molar-refractivity contribution is 7.99. The van der Waals surface area contributed by atoms with Gasteiger partial charge in [-0.05, 0) is 37.1 Å². The van der Waals surface area contributed by atoms with E-state index in [2.05, 4.69) is 15.5 Å². The van der Waals surface area contributed by atoms with Crippen LogP contribution in [0, 0.1) is 0 Å². The Balaban J connectivity index is 1.40. The topological polar surface area (TPSA) is 93.3 Å². The van der Waals surface area contributed by atoms with E-state index in [0.717, 1.165) is 23.8 Å². The zero-order chi connectivity index (χ0) is 21.1. The number of carbonyl (C=O) groups excluding carboxylic acids is 2. The van der Waals surface area contributed by atoms with Crippen molar-refractivity contribution in [1.29, 1.82) is 0 Å². The highest BCUT2D eigenvalue weighted by atomic mass is 32.2. The second-order valence-electron chi connectivity index (χ2n) is 7.19. The molecule has 3 aromatic rings. The Morgan fingerprint density at radius 1 is 1.23 bits per heavy atom. The van der Waals surface area contributed by atoms with Crippen molar-refractivity contribution in [2.45, 2.75) is 30.5 Å². The summed E-state index contributed by atoms with van der Waals surface area (Å²) in [6, 6.07) is 10.6. The number of anilines is 1. The van der Waals surface area contributed by atoms with Gasteiger partial charge >= 0.3 is 0 Å². The van der Waals surface area contributed by atoms with Crippen LogP contribution < -0.4 is 10.2 Å². The van der Waals surface area contributed by atoms with Crippen molar-refractivity contribution in [3.63, 3.8) is 0 Å². The Morgan fingerprint density at radius 3 is 2.77 bits per heavy atom. The van der Waals surface area contributed by atoms with Gasteiger partial charge in [-0.15, -0.1) is 10.2 Å². The number of amides is 2. The number of furan rings is 1. The zero-order valence-electron chi connectivity index (χ0n) is 16.9. The molecule has 1 N–H and O–H groups in total. The fourth-order valence-corrected chi connectivity index (χ4v) is 3.97. The van der Waals surface area contributed by atoms with Crippen LogP contribution in [-0.4, -0.2) is 39.4 Å². The molecule has 156 valence electrons. The Labute approximate surface area is 178 Å². The van der Waals surface area contributed by atoms with Crippen LogP contribution in [0.4, 0.5) is 5.69 Å². The predicted octanol–water partition coefficient (Wildman–Crippen LogP) is 2.97. The van der Waals surface area contributed by atoms with Crippen LogP contribution in [0.15, 0.2) is 52.2 Å². The number of rotatable bonds is 8. The number of hydrogen-bond donors (Lipinski definition) is 1. The fraction of sp³-hybridized carbons (Fsp3) is 0.333. The first kappa shape index (κ1) is 20.2. The standard InChI is InChI=1S/C21H23N5O3S/c1-25(18(27)13-30-21-24-23-19(26(21)2)14-9-10-14)17-8-4-3-7-16(17)20(28)22-12-15-6-5-11-29-15/h3-8,11,14H,9-10,12-13H2,1-2H3,(H,22,28). The van der Waals surface area contributed by atoms with E-state index < -0.39 is 0 Å². The number of hydrogen-bond acceptors (Lipinski definition) is 6. The molecule has 0 aliphatic heterocycles. The van der Waals surface area contributed by atoms with Gasteiger partial charge in [-0.25, -0.2) is 0 Å². The van der Waals surface area contributed by atoms with Crippen LogP contribution >= 0.6 is 11.8 Å². The van der Waals surface area contributed by atoms with Crippen LogP contribution in [0.3, 0.4) is 0 Å². The first-order chi connectivity index (χ1) is 14.5. The van der Waals surface area contributed by atoms with Crippen molar-refractivity contribution >= 4 is 29.3 Å². The van der Waals surface area contributed by atoms with Gasteiger partial charge in [0.2, 0.25) is 5.91 Å². The summed E-state index contributed by atoms with van der Waals surface area (Å²) in [7, 11) is 3.61. The minimum Gasteiger partial charge on any atom is -0.467 e. The first-order valence-corrected chi connectivity index (χ1v) is 10.7. The molecule has 1 aromatic carbocycles. The average molecular weight is 426 g/mol. The van der Waals surface area contributed by atoms with Gasteiger partial charge in [-0.1, -0.05) is 23.9 Å². The summed E-state index contributed by atoms with van der Waals surface area (Å²) in [5.74, 6) is 1.96. The molecule has 0 saturated heterocycles. The Morgan fingerprint density at radius 2 is 2.03 bits per heavy atom. The Hall–Kier alpha value is -3.07. The molecule has 0 radical (unpaired) electrons. The van der Waals surface area contributed by atoms with Gasteiger partial charge in [-0.2, -0.15) is 0 Å². The largest absolute Gasteiger partial charge is 0.467 e. The van der Waals surface area contributed by atoms with E-state index in [1.807, 2.05) is 11.6 Å². The van der Waals surface area contributed by atoms with Gasteiger partial charge in [0.1, 0.15) is 11.6 Å². The fourth-order valence-electron chi connectivity index (χ4n) is 3.14. The van der Waals surface area contributed by atoms with Gasteiger partial charge in [0.25, 0.3) is 5.91 Å². The van der Waals surface area contributed by atoms with Gasteiger partial charge in [0.15, 0.2) is 5.16 Å². The van der Waals surface area contributed by atoms with Gasteiger partial charge in [0.05, 0.1) is 29.8 Å². The zero-order valence-corrected chi connectivity index (χ0v) is 17.7. The van der Waals surface area contributed by atoms with Crippen LogP contribution in [0.25, 0.3) is 0 Å². The third-order valence-corrected chi connectivity index (χ3v) is 6.03. The van der Waals surface area contributed by atoms with Crippen molar-refractivity contribution in [1.82, 2.24) is 20.1 Å². The van der Waals surface area contributed by atoms with Crippen LogP contribution in [0.1, 0.15) is 40.7 Å². The lowest BCUT2D eigenvalue weighted by molar-refractivity contribution is -0.115. The maximum absolute atomic E-state index is 12.8. The molecule has 0 unspecified atom stereocenters. The summed E-state index contributed by atoms with van der Waals surface area (Å²) >= 11 is 1.35. The molecule has 0 bridgehead atoms. The summed E-state index contributed by atoms with van der Waals surface area (Å²) in [5, 5.41) is 12.0. The minimum atomic E-state index is -0.267. The number of para-hydroxylation sites is 1. The Bertz CT molecular complexity index is 1040. The van der Waals surface area contributed by atoms with Gasteiger partial charge in [0, 0.05) is 20.0 Å². The number of aromatic nitrogens is 3. The molecule has 1 aliphatic carbocycles. The van der Waals surface area contributed by atoms with Gasteiger partial charge < -0.3 is 19.2 Å². The van der Waals surface area contributed by atoms with E-state index in [1.54, 1.807) is 49.7 Å². The number of benzene rings is 1. The van der Waals surface area contributed by atoms with E-state index in [1.165, 1.54) is 16.7 Å². The molecule has 0 spiro atoms. The first-order valence-electron chi connectivity index (χ1n) is 9.73. The molecular weight excluding hydrogens is 402 g/mol. The third-order valence-electron chi connectivity index (χ3n) is 5.02. The van der Waals surface area contributed by atoms with Crippen molar-refractivity contribution in [3.05, 3.63) is 59.8 Å². The maximum atomic E-state index is 12.8. The third kappa shape index (κ3) is 4.40. The lowest BCUT2D eigenvalue weighted by Crippen LogP contribution is -2.31. The predicted molar refractivity (Wildman–Crippen MR) is 113 cm³/mol. The molecule has 30 heavy (non-hydrogen) atoms. The normalized spacial score (nSPS) is 13.3. The smallest absolute Gasteiger partial charge is 0.253 e. The lowest BCUT2D eigenvalue weighted by Gasteiger charge is -2.20. The molecule has 2 amide bonds. The second-order valence-corrected chi connectivity index (χ2v) is 8.14. The van der Waals surface area contributed by atoms with E-state index in [9.17, 15) is 9.59 Å². The monoisotopic (exact) mass is 425 g/mol. The molecule has 2 aromatic heterocycles. The van der Waals surface area contributed by atoms with Crippen molar-refractivity contribution in [2.75, 3.05) is 17.7 Å². The van der Waals surface area contributed by atoms with Crippen molar-refractivity contribution in [3.8, 4) is 0 Å². The Kier molecular flexibility index (Phi) is 5.89. The summed E-state index contributed by atoms with van der Waals surface area (Å²) in [6.45, 7) is 0.281. The highest BCUT2D eigenvalue weighted by Gasteiger charge is 2.29. The molecule has 1 saturated carbocycles. The van der Waals surface area contributed by atoms with Crippen LogP contribution in [0.2, 0.25) is 0 Å². The summed E-state index contributed by atoms with van der Waals surface area (Å²) in [6.07, 6.45) is 3.86. The van der Waals surface area contributed by atoms with E-state index in [0.29, 0.717) is 22.9 Å². The van der Waals surface area contributed by atoms with Crippen LogP contribution in [0.5, 0.6) is 0 Å². The molecule has 1 fully saturated rings. The summed E-state index contributed by atoms with van der Waals surface area (Å²) in [4.78, 5) is 27.0. The SMILES string of the molecule is CN(C(=O)CSc1nnc(C2CC2)n1C)c1ccccc1C(=O)NCc1ccco1. The summed E-state index contributed by atoms with van der Waals surface area (Å²) in [5.41, 5.74) is 0.983. The quantitative estimate of drug-likeness (QED) is 0.558. The number of thioether (sulfide) groups is 1. The number of nitrogens with zero attached hydrogens (tertiary/aromatic N) is 4. The number of nitrogens with one attached hydrogen (secondary N) is 1. The highest BCUT2D eigenvalue weighted by Crippen LogP contribution is 2.39. The summed E-state index contributed by atoms with van der Waals surface area (Å²) < 4.78 is 7.21. The maximum Gasteiger partial charge on any atom is 0.253 e. The van der Waals surface area contributed by atoms with Crippen molar-refractivity contribution < 1.29 is 14.0 Å². The molecule has 8 nitrogen and oxygen atoms in total. The van der Waals surface area contributed by atoms with E-state index in [4.69, 9.17) is 4.42 Å². The molecule has 9 heteroatoms. The molecule has 0 atom stereocenters. The van der Waals surface area contributed by atoms with E-state index >= 15 is 0 Å². The molecule has 4 rings (SSSR count). The molecular formula is C21H23N5O3S. The van der Waals surface area contributed by atoms with E-state index in [-0.39, 0.29) is 24.1 Å². The average Bonchev–Trinajstić information content (AvgIpc) is 3.33. The molecule has 2 heterocycles. The van der Waals surface area contributed by atoms with Crippen LogP contribution in [-0.2, 0) is 18.4 Å².